The number of hydrogen-bond acceptors (Lipinski definition) is 8. The van der Waals surface area contributed by atoms with Crippen LogP contribution in [0.25, 0.3) is 0 Å². The van der Waals surface area contributed by atoms with Crippen molar-refractivity contribution >= 4 is 28.5 Å². The van der Waals surface area contributed by atoms with Gasteiger partial charge >= 0.3 is 6.09 Å². The van der Waals surface area contributed by atoms with Gasteiger partial charge in [-0.3, -0.25) is 10.1 Å². The molecule has 5 atom stereocenters. The molecule has 2 aliphatic rings. The maximum Gasteiger partial charge on any atom is 0.413 e. The number of nitrogens with zero attached hydrogens (tertiary/aromatic N) is 1. The number of rotatable bonds is 9. The smallest absolute Gasteiger partial charge is 0.413 e. The van der Waals surface area contributed by atoms with Crippen molar-refractivity contribution in [3.63, 3.8) is 0 Å². The largest absolute Gasteiger partial charge is 0.445 e. The highest BCUT2D eigenvalue weighted by atomic mass is 32.1. The fourth-order valence-corrected chi connectivity index (χ4v) is 6.56. The van der Waals surface area contributed by atoms with Gasteiger partial charge in [-0.15, -0.1) is 11.3 Å². The minimum Gasteiger partial charge on any atom is -0.445 e. The van der Waals surface area contributed by atoms with Crippen LogP contribution < -0.4 is 10.6 Å². The minimum atomic E-state index is -0.698. The van der Waals surface area contributed by atoms with Crippen LogP contribution in [0, 0.1) is 16.7 Å². The third kappa shape index (κ3) is 5.08. The first-order chi connectivity index (χ1) is 15.7. The third-order valence-corrected chi connectivity index (χ3v) is 8.46. The predicted molar refractivity (Wildman–Crippen MR) is 125 cm³/mol. The number of nitrogens with one attached hydrogen (secondary N) is 2. The molecule has 1 saturated carbocycles. The van der Waals surface area contributed by atoms with Gasteiger partial charge in [-0.25, -0.2) is 9.78 Å². The van der Waals surface area contributed by atoms with E-state index in [1.807, 2.05) is 6.92 Å². The average molecular weight is 482 g/mol. The molecule has 1 aromatic rings. The van der Waals surface area contributed by atoms with Gasteiger partial charge in [0.05, 0.1) is 25.0 Å². The summed E-state index contributed by atoms with van der Waals surface area (Å²) in [5.41, 5.74) is -0.247. The van der Waals surface area contributed by atoms with E-state index < -0.39 is 17.6 Å². The van der Waals surface area contributed by atoms with Crippen molar-refractivity contribution in [1.29, 1.82) is 0 Å². The van der Waals surface area contributed by atoms with Gasteiger partial charge in [0, 0.05) is 36.3 Å². The van der Waals surface area contributed by atoms with Crippen LogP contribution in [0.2, 0.25) is 0 Å². The van der Waals surface area contributed by atoms with Crippen LogP contribution in [0.1, 0.15) is 49.6 Å². The lowest BCUT2D eigenvalue weighted by Crippen LogP contribution is -2.57. The summed E-state index contributed by atoms with van der Waals surface area (Å²) in [6.45, 7) is 8.38. The van der Waals surface area contributed by atoms with Gasteiger partial charge in [-0.1, -0.05) is 26.5 Å². The van der Waals surface area contributed by atoms with Crippen molar-refractivity contribution in [3.05, 3.63) is 23.2 Å². The highest BCUT2D eigenvalue weighted by Crippen LogP contribution is 2.62. The molecule has 5 unspecified atom stereocenters. The number of aliphatic hydroxyl groups is 2. The second kappa shape index (κ2) is 10.5. The van der Waals surface area contributed by atoms with Gasteiger partial charge in [-0.05, 0) is 30.6 Å². The second-order valence-corrected chi connectivity index (χ2v) is 10.5. The van der Waals surface area contributed by atoms with Crippen molar-refractivity contribution < 1.29 is 29.3 Å². The lowest BCUT2D eigenvalue weighted by Gasteiger charge is -2.58. The van der Waals surface area contributed by atoms with Crippen molar-refractivity contribution in [1.82, 2.24) is 10.3 Å². The molecule has 1 fully saturated rings. The molecule has 33 heavy (non-hydrogen) atoms. The molecule has 0 radical (unpaired) electrons. The van der Waals surface area contributed by atoms with Crippen LogP contribution in [0.15, 0.2) is 12.7 Å². The van der Waals surface area contributed by atoms with E-state index in [1.54, 1.807) is 7.11 Å². The molecule has 2 amide bonds. The molecule has 0 bridgehead atoms. The molecule has 184 valence electrons. The van der Waals surface area contributed by atoms with Gasteiger partial charge in [0.1, 0.15) is 6.61 Å². The quantitative estimate of drug-likeness (QED) is 0.315. The van der Waals surface area contributed by atoms with Crippen LogP contribution >= 0.6 is 11.3 Å². The van der Waals surface area contributed by atoms with E-state index in [-0.39, 0.29) is 42.8 Å². The summed E-state index contributed by atoms with van der Waals surface area (Å²) in [6, 6.07) is 0. The van der Waals surface area contributed by atoms with Crippen LogP contribution in [-0.4, -0.2) is 66.8 Å². The fourth-order valence-electron chi connectivity index (χ4n) is 5.51. The molecule has 1 heterocycles. The first-order valence-electron chi connectivity index (χ1n) is 11.3. The molecular formula is C23H35N3O6S. The van der Waals surface area contributed by atoms with Gasteiger partial charge < -0.3 is 25.0 Å². The first kappa shape index (κ1) is 25.6. The standard InChI is InChI=1S/C23H35N3O6S/c1-5-9-32-21(30)26-20-25-19-14(11-18(29)24-8-10-31-4)22(2)7-6-17(28)23(3,13-27)16(22)12-15(19)33-20/h5,14,16-17,27-28H,1,6-13H2,2-4H3,(H,24,29)(H,25,26,30). The Bertz CT molecular complexity index is 876. The highest BCUT2D eigenvalue weighted by Gasteiger charge is 2.59. The van der Waals surface area contributed by atoms with E-state index in [9.17, 15) is 19.8 Å². The summed E-state index contributed by atoms with van der Waals surface area (Å²) < 4.78 is 10.0. The Hall–Kier alpha value is -2.01. The first-order valence-corrected chi connectivity index (χ1v) is 12.1. The molecule has 4 N–H and O–H groups in total. The molecule has 10 heteroatoms. The average Bonchev–Trinajstić information content (AvgIpc) is 3.18. The normalized spacial score (nSPS) is 30.6. The number of ether oxygens (including phenoxy) is 2. The Morgan fingerprint density at radius 2 is 2.15 bits per heavy atom. The zero-order valence-electron chi connectivity index (χ0n) is 19.6. The molecule has 0 aromatic carbocycles. The number of aromatic nitrogens is 1. The van der Waals surface area contributed by atoms with E-state index in [1.165, 1.54) is 17.4 Å². The van der Waals surface area contributed by atoms with Crippen LogP contribution in [-0.2, 0) is 20.7 Å². The molecule has 1 aromatic heterocycles. The summed E-state index contributed by atoms with van der Waals surface area (Å²) in [7, 11) is 1.58. The van der Waals surface area contributed by atoms with E-state index in [0.717, 1.165) is 10.6 Å². The molecule has 0 spiro atoms. The van der Waals surface area contributed by atoms with E-state index in [0.29, 0.717) is 37.5 Å². The Morgan fingerprint density at radius 1 is 1.39 bits per heavy atom. The summed E-state index contributed by atoms with van der Waals surface area (Å²) in [6.07, 6.45) is 2.34. The van der Waals surface area contributed by atoms with Crippen LogP contribution in [0.5, 0.6) is 0 Å². The molecule has 0 aliphatic heterocycles. The molecule has 9 nitrogen and oxygen atoms in total. The minimum absolute atomic E-state index is 0.0518. The van der Waals surface area contributed by atoms with Crippen LogP contribution in [0.3, 0.4) is 0 Å². The molecular weight excluding hydrogens is 446 g/mol. The topological polar surface area (TPSA) is 130 Å². The van der Waals surface area contributed by atoms with E-state index in [2.05, 4.69) is 24.1 Å². The molecule has 0 saturated heterocycles. The molecule has 2 aliphatic carbocycles. The SMILES string of the molecule is C=CCOC(=O)Nc1nc2c(s1)CC1C(C)(CO)C(O)CCC1(C)C2CC(=O)NCCOC. The number of fused-ring (bicyclic) bond motifs is 2. The van der Waals surface area contributed by atoms with Gasteiger partial charge in [0.25, 0.3) is 0 Å². The van der Waals surface area contributed by atoms with Gasteiger partial charge in [-0.2, -0.15) is 0 Å². The predicted octanol–water partition coefficient (Wildman–Crippen LogP) is 2.45. The number of methoxy groups -OCH3 is 1. The summed E-state index contributed by atoms with van der Waals surface area (Å²) in [4.78, 5) is 30.5. The number of thiazole rings is 1. The Labute approximate surface area is 198 Å². The zero-order chi connectivity index (χ0) is 24.2. The maximum atomic E-state index is 12.8. The van der Waals surface area contributed by atoms with Gasteiger partial charge in [0.15, 0.2) is 5.13 Å². The lowest BCUT2D eigenvalue weighted by molar-refractivity contribution is -0.144. The maximum absolute atomic E-state index is 12.8. The van der Waals surface area contributed by atoms with E-state index >= 15 is 0 Å². The monoisotopic (exact) mass is 481 g/mol. The Balaban J connectivity index is 1.95. The summed E-state index contributed by atoms with van der Waals surface area (Å²) in [5, 5.41) is 27.1. The lowest BCUT2D eigenvalue weighted by atomic mass is 9.47. The highest BCUT2D eigenvalue weighted by molar-refractivity contribution is 7.15. The number of amides is 2. The van der Waals surface area contributed by atoms with Crippen molar-refractivity contribution in [2.75, 3.05) is 38.8 Å². The van der Waals surface area contributed by atoms with Gasteiger partial charge in [0.2, 0.25) is 5.91 Å². The number of carbonyl (C=O) groups excluding carboxylic acids is 2. The summed E-state index contributed by atoms with van der Waals surface area (Å²) in [5.74, 6) is -0.373. The Kier molecular flexibility index (Phi) is 8.15. The van der Waals surface area contributed by atoms with E-state index in [4.69, 9.17) is 14.5 Å². The third-order valence-electron chi connectivity index (χ3n) is 7.45. The Morgan fingerprint density at radius 3 is 2.82 bits per heavy atom. The summed E-state index contributed by atoms with van der Waals surface area (Å²) >= 11 is 1.35. The zero-order valence-corrected chi connectivity index (χ0v) is 20.4. The molecule has 3 rings (SSSR count). The fraction of sp³-hybridized carbons (Fsp3) is 0.696. The van der Waals surface area contributed by atoms with Crippen LogP contribution in [0.4, 0.5) is 9.93 Å². The number of anilines is 1. The van der Waals surface area contributed by atoms with Crippen molar-refractivity contribution in [2.45, 2.75) is 51.6 Å². The van der Waals surface area contributed by atoms with Crippen molar-refractivity contribution in [3.8, 4) is 0 Å². The number of carbonyl (C=O) groups is 2. The number of hydrogen-bond donors (Lipinski definition) is 4. The van der Waals surface area contributed by atoms with Crippen molar-refractivity contribution in [2.24, 2.45) is 16.7 Å². The second-order valence-electron chi connectivity index (χ2n) is 9.42. The number of aliphatic hydroxyl groups excluding tert-OH is 2.